The number of likely N-dealkylation sites (N-methyl/N-ethyl adjacent to an activating group) is 1. The van der Waals surface area contributed by atoms with Crippen molar-refractivity contribution in [1.29, 1.82) is 0 Å². The zero-order valence-corrected chi connectivity index (χ0v) is 33.6. The highest BCUT2D eigenvalue weighted by Crippen LogP contribution is 2.54. The molecule has 0 bridgehead atoms. The van der Waals surface area contributed by atoms with Crippen LogP contribution in [0.2, 0.25) is 0 Å². The van der Waals surface area contributed by atoms with Crippen molar-refractivity contribution in [2.24, 2.45) is 34.0 Å². The number of allylic oxidation sites excluding steroid dienone is 1. The summed E-state index contributed by atoms with van der Waals surface area (Å²) in [6.45, 7) is 18.2. The highest BCUT2D eigenvalue weighted by atomic mass is 32.2. The van der Waals surface area contributed by atoms with E-state index in [1.165, 1.54) is 11.4 Å². The van der Waals surface area contributed by atoms with E-state index in [4.69, 9.17) is 0 Å². The quantitative estimate of drug-likeness (QED) is 0.144. The molecule has 1 saturated heterocycles. The number of ketones is 3. The molecule has 2 N–H and O–H groups in total. The molecule has 12 heteroatoms. The second-order valence-electron chi connectivity index (χ2n) is 17.7. The van der Waals surface area contributed by atoms with Crippen LogP contribution in [-0.4, -0.2) is 91.4 Å². The molecule has 51 heavy (non-hydrogen) atoms. The summed E-state index contributed by atoms with van der Waals surface area (Å²) < 4.78 is 25.7. The molecular formula is C39H66N4O7S. The monoisotopic (exact) mass is 734 g/mol. The second kappa shape index (κ2) is 17.0. The summed E-state index contributed by atoms with van der Waals surface area (Å²) in [4.78, 5) is 71.1. The van der Waals surface area contributed by atoms with Crippen LogP contribution in [0.4, 0.5) is 4.79 Å². The summed E-state index contributed by atoms with van der Waals surface area (Å²) in [5, 5.41) is 6.04. The number of carbonyl (C=O) groups excluding carboxylic acids is 5. The van der Waals surface area contributed by atoms with Gasteiger partial charge in [0.2, 0.25) is 21.7 Å². The van der Waals surface area contributed by atoms with E-state index in [0.29, 0.717) is 25.8 Å². The topological polar surface area (TPSA) is 150 Å². The SMILES string of the molecule is C=CCCC(=O)C(=O)C(CCC)CC(=O)[C@@H]1[C@H]2CCC(C)(C)[C@H]2CN1C(=O)[C@@H](NC(=O)N[C@H](CN(C)S(C)(=O)=O)C(C)(C)C)C1(C)CCCCC1. The number of urea groups is 1. The Labute approximate surface area is 307 Å². The molecule has 3 fully saturated rings. The Hall–Kier alpha value is -2.60. The number of rotatable bonds is 17. The summed E-state index contributed by atoms with van der Waals surface area (Å²) in [6, 6.07) is -2.78. The maximum absolute atomic E-state index is 15.0. The third-order valence-electron chi connectivity index (χ3n) is 12.3. The molecule has 0 spiro atoms. The van der Waals surface area contributed by atoms with Crippen molar-refractivity contribution in [1.82, 2.24) is 19.8 Å². The Morgan fingerprint density at radius 1 is 1.02 bits per heavy atom. The molecule has 1 aliphatic heterocycles. The number of fused-ring (bicyclic) bond motifs is 1. The number of hydrogen-bond donors (Lipinski definition) is 2. The van der Waals surface area contributed by atoms with Crippen LogP contribution >= 0.6 is 0 Å². The van der Waals surface area contributed by atoms with Gasteiger partial charge in [-0.2, -0.15) is 0 Å². The molecule has 0 radical (unpaired) electrons. The zero-order valence-electron chi connectivity index (χ0n) is 32.8. The number of amides is 3. The molecule has 2 saturated carbocycles. The molecule has 0 aromatic heterocycles. The van der Waals surface area contributed by atoms with Crippen LogP contribution in [0.3, 0.4) is 0 Å². The molecule has 6 atom stereocenters. The highest BCUT2D eigenvalue weighted by molar-refractivity contribution is 7.88. The van der Waals surface area contributed by atoms with Gasteiger partial charge in [-0.1, -0.05) is 80.2 Å². The first-order chi connectivity index (χ1) is 23.6. The first-order valence-corrected chi connectivity index (χ1v) is 20.9. The average molecular weight is 735 g/mol. The zero-order chi connectivity index (χ0) is 38.5. The Morgan fingerprint density at radius 2 is 1.65 bits per heavy atom. The summed E-state index contributed by atoms with van der Waals surface area (Å²) in [7, 11) is -2.03. The number of carbonyl (C=O) groups is 5. The normalized spacial score (nSPS) is 24.7. The average Bonchev–Trinajstić information content (AvgIpc) is 3.57. The van der Waals surface area contributed by atoms with Gasteiger partial charge in [0.25, 0.3) is 0 Å². The number of nitrogens with one attached hydrogen (secondary N) is 2. The Balaban J connectivity index is 1.97. The van der Waals surface area contributed by atoms with Crippen LogP contribution in [0.25, 0.3) is 0 Å². The number of Topliss-reactive ketones (excluding diaryl/α,β-unsaturated/α-hetero) is 3. The Morgan fingerprint density at radius 3 is 2.20 bits per heavy atom. The van der Waals surface area contributed by atoms with Crippen molar-refractivity contribution in [3.05, 3.63) is 12.7 Å². The minimum Gasteiger partial charge on any atom is -0.334 e. The molecular weight excluding hydrogens is 669 g/mol. The lowest BCUT2D eigenvalue weighted by Gasteiger charge is -2.43. The van der Waals surface area contributed by atoms with Crippen LogP contribution in [0, 0.1) is 34.0 Å². The standard InChI is InChI=1S/C39H66N4O7S/c1-11-13-18-29(44)33(46)26(17-12-2)23-30(45)32-27-19-22-38(6,7)28(27)24-43(32)35(47)34(39(8)20-15-14-16-21-39)41-36(48)40-31(37(3,4)5)25-42(9)51(10,49)50/h11,26-28,31-32,34H,1,12-25H2,2-10H3,(H2,40,41,48)/t26?,27-,28-,31+,32-,34+/m0/s1. The molecule has 3 amide bonds. The van der Waals surface area contributed by atoms with E-state index in [2.05, 4.69) is 31.1 Å². The van der Waals surface area contributed by atoms with E-state index < -0.39 is 62.5 Å². The van der Waals surface area contributed by atoms with Gasteiger partial charge in [-0.3, -0.25) is 19.2 Å². The maximum Gasteiger partial charge on any atom is 0.315 e. The molecule has 3 aliphatic rings. The third-order valence-corrected chi connectivity index (χ3v) is 13.5. The van der Waals surface area contributed by atoms with Gasteiger partial charge < -0.3 is 15.5 Å². The van der Waals surface area contributed by atoms with Crippen LogP contribution in [0.15, 0.2) is 12.7 Å². The minimum absolute atomic E-state index is 0.0561. The smallest absolute Gasteiger partial charge is 0.315 e. The van der Waals surface area contributed by atoms with Crippen molar-refractivity contribution in [2.75, 3.05) is 26.4 Å². The lowest BCUT2D eigenvalue weighted by atomic mass is 9.70. The Bertz CT molecular complexity index is 1410. The predicted molar refractivity (Wildman–Crippen MR) is 200 cm³/mol. The van der Waals surface area contributed by atoms with Gasteiger partial charge >= 0.3 is 6.03 Å². The van der Waals surface area contributed by atoms with Crippen molar-refractivity contribution >= 4 is 39.3 Å². The molecule has 11 nitrogen and oxygen atoms in total. The summed E-state index contributed by atoms with van der Waals surface area (Å²) in [6.07, 6.45) is 10.2. The largest absolute Gasteiger partial charge is 0.334 e. The van der Waals surface area contributed by atoms with Crippen LogP contribution in [0.5, 0.6) is 0 Å². The fraction of sp³-hybridized carbons (Fsp3) is 0.821. The summed E-state index contributed by atoms with van der Waals surface area (Å²) >= 11 is 0. The van der Waals surface area contributed by atoms with E-state index >= 15 is 4.79 Å². The molecule has 1 unspecified atom stereocenters. The first kappa shape index (κ1) is 42.8. The first-order valence-electron chi connectivity index (χ1n) is 19.1. The molecule has 3 rings (SSSR count). The number of nitrogens with zero attached hydrogens (tertiary/aromatic N) is 2. The van der Waals surface area contributed by atoms with Gasteiger partial charge in [-0.15, -0.1) is 6.58 Å². The van der Waals surface area contributed by atoms with Gasteiger partial charge in [-0.05, 0) is 66.6 Å². The predicted octanol–water partition coefficient (Wildman–Crippen LogP) is 5.67. The van der Waals surface area contributed by atoms with E-state index in [1.54, 1.807) is 11.0 Å². The van der Waals surface area contributed by atoms with Crippen LogP contribution in [0.1, 0.15) is 126 Å². The van der Waals surface area contributed by atoms with Crippen molar-refractivity contribution < 1.29 is 32.4 Å². The third kappa shape index (κ3) is 10.5. The van der Waals surface area contributed by atoms with E-state index in [9.17, 15) is 27.6 Å². The highest BCUT2D eigenvalue weighted by Gasteiger charge is 2.57. The Kier molecular flexibility index (Phi) is 14.3. The van der Waals surface area contributed by atoms with Gasteiger partial charge in [0.05, 0.1) is 12.3 Å². The van der Waals surface area contributed by atoms with Crippen molar-refractivity contribution in [3.8, 4) is 0 Å². The lowest BCUT2D eigenvalue weighted by Crippen LogP contribution is -2.62. The maximum atomic E-state index is 15.0. The van der Waals surface area contributed by atoms with E-state index in [0.717, 1.165) is 51.2 Å². The van der Waals surface area contributed by atoms with Crippen LogP contribution < -0.4 is 10.6 Å². The lowest BCUT2D eigenvalue weighted by molar-refractivity contribution is -0.144. The van der Waals surface area contributed by atoms with Gasteiger partial charge in [-0.25, -0.2) is 17.5 Å². The molecule has 290 valence electrons. The van der Waals surface area contributed by atoms with Gasteiger partial charge in [0.1, 0.15) is 6.04 Å². The fourth-order valence-corrected chi connectivity index (χ4v) is 9.11. The number of hydrogen-bond acceptors (Lipinski definition) is 7. The van der Waals surface area contributed by atoms with Gasteiger partial charge in [0, 0.05) is 44.9 Å². The van der Waals surface area contributed by atoms with Crippen LogP contribution in [-0.2, 0) is 29.2 Å². The van der Waals surface area contributed by atoms with Crippen molar-refractivity contribution in [3.63, 3.8) is 0 Å². The van der Waals surface area contributed by atoms with E-state index in [1.807, 2.05) is 34.6 Å². The number of likely N-dealkylation sites (tertiary alicyclic amines) is 1. The minimum atomic E-state index is -3.50. The molecule has 0 aromatic carbocycles. The molecule has 0 aromatic rings. The second-order valence-corrected chi connectivity index (χ2v) is 19.8. The molecule has 1 heterocycles. The number of sulfonamides is 1. The van der Waals surface area contributed by atoms with E-state index in [-0.39, 0.29) is 48.3 Å². The summed E-state index contributed by atoms with van der Waals surface area (Å²) in [5.41, 5.74) is -1.16. The fourth-order valence-electron chi connectivity index (χ4n) is 8.69. The van der Waals surface area contributed by atoms with Gasteiger partial charge in [0.15, 0.2) is 11.6 Å². The summed E-state index contributed by atoms with van der Waals surface area (Å²) in [5.74, 6) is -2.22. The van der Waals surface area contributed by atoms with Crippen molar-refractivity contribution in [2.45, 2.75) is 144 Å². The molecule has 2 aliphatic carbocycles.